The average Bonchev–Trinajstić information content (AvgIpc) is 2.67. The predicted molar refractivity (Wildman–Crippen MR) is 109 cm³/mol. The second kappa shape index (κ2) is 7.05. The van der Waals surface area contributed by atoms with Gasteiger partial charge in [0.2, 0.25) is 5.91 Å². The normalized spacial score (nSPS) is 34.5. The first kappa shape index (κ1) is 18.5. The molecule has 5 aliphatic rings. The molecule has 4 bridgehead atoms. The number of nitrogens with one attached hydrogen (secondary N) is 1. The van der Waals surface area contributed by atoms with E-state index in [1.807, 2.05) is 17.0 Å². The molecule has 1 aromatic carbocycles. The zero-order valence-electron chi connectivity index (χ0n) is 16.3. The van der Waals surface area contributed by atoms with Gasteiger partial charge in [-0.25, -0.2) is 0 Å². The van der Waals surface area contributed by atoms with E-state index < -0.39 is 0 Å². The Bertz CT molecular complexity index is 749. The number of halogens is 1. The largest absolute Gasteiger partial charge is 0.353 e. The summed E-state index contributed by atoms with van der Waals surface area (Å²) in [7, 11) is 0. The fraction of sp³-hybridized carbons (Fsp3) is 0.652. The van der Waals surface area contributed by atoms with Crippen LogP contribution in [0.25, 0.3) is 0 Å². The summed E-state index contributed by atoms with van der Waals surface area (Å²) in [6, 6.07) is 7.41. The van der Waals surface area contributed by atoms with Crippen molar-refractivity contribution in [1.29, 1.82) is 0 Å². The van der Waals surface area contributed by atoms with Gasteiger partial charge in [-0.1, -0.05) is 23.7 Å². The van der Waals surface area contributed by atoms with E-state index >= 15 is 0 Å². The van der Waals surface area contributed by atoms with Crippen molar-refractivity contribution in [3.63, 3.8) is 0 Å². The monoisotopic (exact) mass is 400 g/mol. The first-order chi connectivity index (χ1) is 13.5. The van der Waals surface area contributed by atoms with Crippen LogP contribution >= 0.6 is 11.6 Å². The smallest absolute Gasteiger partial charge is 0.255 e. The molecule has 1 heterocycles. The molecular formula is C23H29ClN2O2. The van der Waals surface area contributed by atoms with Gasteiger partial charge in [-0.05, 0) is 81.3 Å². The molecule has 28 heavy (non-hydrogen) atoms. The molecule has 150 valence electrons. The van der Waals surface area contributed by atoms with Crippen LogP contribution in [0.1, 0.15) is 61.7 Å². The third-order valence-corrected chi connectivity index (χ3v) is 8.07. The van der Waals surface area contributed by atoms with Crippen LogP contribution in [0.5, 0.6) is 0 Å². The zero-order chi connectivity index (χ0) is 19.3. The summed E-state index contributed by atoms with van der Waals surface area (Å²) in [5.74, 6) is 2.66. The number of likely N-dealkylation sites (tertiary alicyclic amines) is 1. The number of piperidine rings is 1. The van der Waals surface area contributed by atoms with E-state index in [1.54, 1.807) is 12.1 Å². The lowest BCUT2D eigenvalue weighted by molar-refractivity contribution is -0.147. The third-order valence-electron chi connectivity index (χ3n) is 7.74. The molecule has 4 nitrogen and oxygen atoms in total. The number of carbonyl (C=O) groups excluding carboxylic acids is 2. The molecule has 6 rings (SSSR count). The Hall–Kier alpha value is -1.55. The van der Waals surface area contributed by atoms with Gasteiger partial charge in [0.1, 0.15) is 0 Å². The van der Waals surface area contributed by atoms with Crippen molar-refractivity contribution in [3.05, 3.63) is 34.9 Å². The molecule has 0 atom stereocenters. The number of carbonyl (C=O) groups is 2. The summed E-state index contributed by atoms with van der Waals surface area (Å²) < 4.78 is 0. The molecule has 5 fully saturated rings. The van der Waals surface area contributed by atoms with Gasteiger partial charge >= 0.3 is 0 Å². The van der Waals surface area contributed by atoms with Crippen LogP contribution in [0.15, 0.2) is 24.3 Å². The van der Waals surface area contributed by atoms with E-state index in [0.717, 1.165) is 49.9 Å². The maximum Gasteiger partial charge on any atom is 0.255 e. The van der Waals surface area contributed by atoms with Crippen LogP contribution in [0.3, 0.4) is 0 Å². The van der Waals surface area contributed by atoms with Crippen LogP contribution in [0.4, 0.5) is 0 Å². The van der Waals surface area contributed by atoms with E-state index in [0.29, 0.717) is 29.6 Å². The van der Waals surface area contributed by atoms with Crippen molar-refractivity contribution in [2.45, 2.75) is 57.4 Å². The highest BCUT2D eigenvalue weighted by molar-refractivity contribution is 6.33. The molecule has 4 aliphatic carbocycles. The minimum absolute atomic E-state index is 0.00328. The molecule has 0 radical (unpaired) electrons. The maximum atomic E-state index is 13.2. The number of nitrogens with zero attached hydrogens (tertiary/aromatic N) is 1. The summed E-state index contributed by atoms with van der Waals surface area (Å²) in [4.78, 5) is 27.8. The Morgan fingerprint density at radius 3 is 2.11 bits per heavy atom. The van der Waals surface area contributed by atoms with Gasteiger partial charge in [0.05, 0.1) is 10.6 Å². The van der Waals surface area contributed by atoms with Crippen molar-refractivity contribution in [3.8, 4) is 0 Å². The van der Waals surface area contributed by atoms with Crippen molar-refractivity contribution in [2.75, 3.05) is 13.1 Å². The summed E-state index contributed by atoms with van der Waals surface area (Å²) in [5.41, 5.74) is 0.486. The molecule has 4 saturated carbocycles. The fourth-order valence-corrected chi connectivity index (χ4v) is 6.98. The van der Waals surface area contributed by atoms with Crippen molar-refractivity contribution in [2.24, 2.45) is 23.2 Å². The quantitative estimate of drug-likeness (QED) is 0.823. The van der Waals surface area contributed by atoms with E-state index in [2.05, 4.69) is 5.32 Å². The Morgan fingerprint density at radius 2 is 1.54 bits per heavy atom. The second-order valence-corrected chi connectivity index (χ2v) is 10.1. The highest BCUT2D eigenvalue weighted by Gasteiger charge is 2.54. The van der Waals surface area contributed by atoms with E-state index in [4.69, 9.17) is 11.6 Å². The predicted octanol–water partition coefficient (Wildman–Crippen LogP) is 4.28. The van der Waals surface area contributed by atoms with Crippen molar-refractivity contribution >= 4 is 23.4 Å². The molecule has 0 unspecified atom stereocenters. The van der Waals surface area contributed by atoms with Gasteiger partial charge in [-0.15, -0.1) is 0 Å². The fourth-order valence-electron chi connectivity index (χ4n) is 6.76. The summed E-state index contributed by atoms with van der Waals surface area (Å²) in [6.07, 6.45) is 9.04. The van der Waals surface area contributed by atoms with Gasteiger partial charge in [-0.3, -0.25) is 9.59 Å². The topological polar surface area (TPSA) is 49.4 Å². The van der Waals surface area contributed by atoms with Crippen LogP contribution in [0, 0.1) is 23.2 Å². The molecule has 1 N–H and O–H groups in total. The highest BCUT2D eigenvalue weighted by Crippen LogP contribution is 2.60. The van der Waals surface area contributed by atoms with Gasteiger partial charge in [0, 0.05) is 24.5 Å². The van der Waals surface area contributed by atoms with Gasteiger partial charge in [0.25, 0.3) is 5.91 Å². The van der Waals surface area contributed by atoms with Crippen molar-refractivity contribution < 1.29 is 9.59 Å². The standard InChI is InChI=1S/C23H29ClN2O2/c24-20-4-2-1-3-19(20)21(27)26-7-5-18(6-8-26)25-22(28)23-12-15-9-16(13-23)11-17(10-15)14-23/h1-4,15-18H,5-14H2,(H,25,28). The second-order valence-electron chi connectivity index (χ2n) is 9.72. The van der Waals surface area contributed by atoms with E-state index in [1.165, 1.54) is 19.3 Å². The first-order valence-corrected chi connectivity index (χ1v) is 11.2. The molecule has 0 aromatic heterocycles. The van der Waals surface area contributed by atoms with E-state index in [-0.39, 0.29) is 17.4 Å². The van der Waals surface area contributed by atoms with Gasteiger partial charge in [0.15, 0.2) is 0 Å². The lowest BCUT2D eigenvalue weighted by Crippen LogP contribution is -2.56. The minimum Gasteiger partial charge on any atom is -0.353 e. The van der Waals surface area contributed by atoms with Gasteiger partial charge < -0.3 is 10.2 Å². The number of amides is 2. The molecule has 1 aromatic rings. The summed E-state index contributed by atoms with van der Waals surface area (Å²) >= 11 is 6.18. The Kier molecular flexibility index (Phi) is 4.65. The number of rotatable bonds is 3. The highest BCUT2D eigenvalue weighted by atomic mass is 35.5. The third kappa shape index (κ3) is 3.24. The summed E-state index contributed by atoms with van der Waals surface area (Å²) in [6.45, 7) is 1.35. The first-order valence-electron chi connectivity index (χ1n) is 10.9. The Labute approximate surface area is 172 Å². The number of benzene rings is 1. The SMILES string of the molecule is O=C(c1ccccc1Cl)N1CCC(NC(=O)C23CC4CC(CC(C4)C2)C3)CC1. The van der Waals surface area contributed by atoms with Crippen LogP contribution in [0.2, 0.25) is 5.02 Å². The lowest BCUT2D eigenvalue weighted by Gasteiger charge is -2.56. The minimum atomic E-state index is -0.0841. The van der Waals surface area contributed by atoms with Crippen LogP contribution in [-0.4, -0.2) is 35.8 Å². The van der Waals surface area contributed by atoms with Gasteiger partial charge in [-0.2, -0.15) is 0 Å². The van der Waals surface area contributed by atoms with Crippen LogP contribution in [-0.2, 0) is 4.79 Å². The van der Waals surface area contributed by atoms with E-state index in [9.17, 15) is 9.59 Å². The number of hydrogen-bond donors (Lipinski definition) is 1. The molecular weight excluding hydrogens is 372 g/mol. The maximum absolute atomic E-state index is 13.2. The molecule has 1 aliphatic heterocycles. The van der Waals surface area contributed by atoms with Crippen LogP contribution < -0.4 is 5.32 Å². The Balaban J connectivity index is 1.18. The number of hydrogen-bond acceptors (Lipinski definition) is 2. The van der Waals surface area contributed by atoms with Crippen molar-refractivity contribution in [1.82, 2.24) is 10.2 Å². The molecule has 0 spiro atoms. The zero-order valence-corrected chi connectivity index (χ0v) is 17.1. The molecule has 2 amide bonds. The molecule has 1 saturated heterocycles. The Morgan fingerprint density at radius 1 is 0.964 bits per heavy atom. The molecule has 5 heteroatoms. The lowest BCUT2D eigenvalue weighted by atomic mass is 9.49. The average molecular weight is 401 g/mol. The summed E-state index contributed by atoms with van der Waals surface area (Å²) in [5, 5.41) is 3.89.